The summed E-state index contributed by atoms with van der Waals surface area (Å²) < 4.78 is 9.12. The average Bonchev–Trinajstić information content (AvgIpc) is 3.75. The molecule has 1 aliphatic carbocycles. The van der Waals surface area contributed by atoms with Crippen LogP contribution >= 0.6 is 11.3 Å². The molecule has 5 aromatic carbocycles. The zero-order valence-electron chi connectivity index (χ0n) is 29.0. The van der Waals surface area contributed by atoms with E-state index in [1.807, 2.05) is 17.4 Å². The number of anilines is 3. The lowest BCUT2D eigenvalue weighted by Gasteiger charge is -2.43. The summed E-state index contributed by atoms with van der Waals surface area (Å²) in [4.78, 5) is 6.36. The SMILES string of the molecule is Cc1cc(-c2cccc3c2[nH]c2oc4ccccc4c23)c2c(c1)N(c1cc3c(cc1C)C(C)(C)CCC3(C)C)c1c(sc3ccccc13)B2. The fraction of sp³-hybridized carbons (Fsp3) is 0.227. The van der Waals surface area contributed by atoms with Crippen LogP contribution in [0.5, 0.6) is 0 Å². The number of thiophene rings is 1. The zero-order valence-corrected chi connectivity index (χ0v) is 29.9. The van der Waals surface area contributed by atoms with E-state index in [4.69, 9.17) is 4.42 Å². The Bertz CT molecular complexity index is 2690. The standard InChI is InChI=1S/C44H39BN2OS/c1-24-20-30(26-14-11-15-29-37-27-12-7-9-16-35(27)48-42(37)46-39(26)29)38-34(21-24)47(40-28-13-8-10-17-36(28)49-41(40)45-38)33-23-32-31(22-25(33)2)43(3,4)18-19-44(32,5)6/h7-17,20-23,45-46H,18-19H2,1-6H3. The van der Waals surface area contributed by atoms with E-state index in [2.05, 4.69) is 136 Å². The quantitative estimate of drug-likeness (QED) is 0.188. The molecule has 1 N–H and O–H groups in total. The second-order valence-corrected chi connectivity index (χ2v) is 16.9. The van der Waals surface area contributed by atoms with Crippen molar-refractivity contribution in [3.63, 3.8) is 0 Å². The maximum Gasteiger partial charge on any atom is 0.211 e. The van der Waals surface area contributed by atoms with Gasteiger partial charge in [0.1, 0.15) is 5.58 Å². The molecular formula is C44H39BN2OS. The van der Waals surface area contributed by atoms with Crippen molar-refractivity contribution >= 4 is 89.0 Å². The van der Waals surface area contributed by atoms with Crippen LogP contribution in [0.1, 0.15) is 62.8 Å². The van der Waals surface area contributed by atoms with Gasteiger partial charge in [-0.1, -0.05) is 94.4 Å². The predicted octanol–water partition coefficient (Wildman–Crippen LogP) is 11.1. The Balaban J connectivity index is 1.26. The normalized spacial score (nSPS) is 16.2. The minimum absolute atomic E-state index is 0.119. The number of rotatable bonds is 2. The highest BCUT2D eigenvalue weighted by atomic mass is 32.1. The van der Waals surface area contributed by atoms with Crippen LogP contribution in [0.2, 0.25) is 0 Å². The predicted molar refractivity (Wildman–Crippen MR) is 212 cm³/mol. The number of aryl methyl sites for hydroxylation is 2. The summed E-state index contributed by atoms with van der Waals surface area (Å²) in [6, 6.07) is 34.0. The molecule has 1 aliphatic heterocycles. The molecule has 8 aromatic rings. The number of benzene rings is 5. The molecule has 4 heterocycles. The van der Waals surface area contributed by atoms with Crippen LogP contribution in [0.15, 0.2) is 95.4 Å². The van der Waals surface area contributed by atoms with Crippen molar-refractivity contribution in [1.29, 1.82) is 0 Å². The van der Waals surface area contributed by atoms with Crippen LogP contribution in [-0.4, -0.2) is 12.3 Å². The number of furan rings is 1. The molecule has 5 heteroatoms. The van der Waals surface area contributed by atoms with E-state index >= 15 is 0 Å². The molecule has 3 aromatic heterocycles. The summed E-state index contributed by atoms with van der Waals surface area (Å²) in [7, 11) is 0.898. The van der Waals surface area contributed by atoms with E-state index in [1.54, 1.807) is 0 Å². The van der Waals surface area contributed by atoms with Gasteiger partial charge in [0.15, 0.2) is 0 Å². The van der Waals surface area contributed by atoms with Crippen LogP contribution in [0.4, 0.5) is 17.1 Å². The van der Waals surface area contributed by atoms with Gasteiger partial charge in [0.05, 0.1) is 16.6 Å². The second kappa shape index (κ2) is 9.92. The number of aromatic nitrogens is 1. The molecule has 0 spiro atoms. The summed E-state index contributed by atoms with van der Waals surface area (Å²) >= 11 is 1.95. The third-order valence-corrected chi connectivity index (χ3v) is 12.8. The van der Waals surface area contributed by atoms with Crippen molar-refractivity contribution in [1.82, 2.24) is 4.98 Å². The fourth-order valence-electron chi connectivity index (χ4n) is 8.99. The van der Waals surface area contributed by atoms with E-state index in [1.165, 1.54) is 89.0 Å². The van der Waals surface area contributed by atoms with Gasteiger partial charge in [-0.05, 0) is 99.8 Å². The minimum atomic E-state index is 0.119. The highest BCUT2D eigenvalue weighted by molar-refractivity contribution is 7.29. The third kappa shape index (κ3) is 4.09. The minimum Gasteiger partial charge on any atom is -0.440 e. The van der Waals surface area contributed by atoms with Gasteiger partial charge in [0.25, 0.3) is 0 Å². The highest BCUT2D eigenvalue weighted by Gasteiger charge is 2.39. The molecule has 10 rings (SSSR count). The second-order valence-electron chi connectivity index (χ2n) is 15.8. The Morgan fingerprint density at radius 1 is 0.735 bits per heavy atom. The van der Waals surface area contributed by atoms with Gasteiger partial charge >= 0.3 is 0 Å². The Morgan fingerprint density at radius 2 is 1.45 bits per heavy atom. The maximum atomic E-state index is 6.35. The van der Waals surface area contributed by atoms with Gasteiger partial charge in [0, 0.05) is 37.8 Å². The van der Waals surface area contributed by atoms with Gasteiger partial charge in [-0.2, -0.15) is 0 Å². The summed E-state index contributed by atoms with van der Waals surface area (Å²) in [6.07, 6.45) is 2.41. The Hall–Kier alpha value is -4.74. The van der Waals surface area contributed by atoms with Gasteiger partial charge in [-0.3, -0.25) is 0 Å². The fourth-order valence-corrected chi connectivity index (χ4v) is 10.2. The molecule has 0 amide bonds. The Kier molecular flexibility index (Phi) is 5.91. The molecule has 0 atom stereocenters. The van der Waals surface area contributed by atoms with Crippen molar-refractivity contribution in [2.75, 3.05) is 4.90 Å². The molecule has 0 saturated carbocycles. The number of hydrogen-bond donors (Lipinski definition) is 1. The molecule has 0 unspecified atom stereocenters. The van der Waals surface area contributed by atoms with E-state index in [0.717, 1.165) is 34.9 Å². The van der Waals surface area contributed by atoms with E-state index < -0.39 is 0 Å². The first-order valence-electron chi connectivity index (χ1n) is 17.6. The molecule has 0 radical (unpaired) electrons. The van der Waals surface area contributed by atoms with Gasteiger partial charge < -0.3 is 14.3 Å². The number of aromatic amines is 1. The van der Waals surface area contributed by atoms with Crippen LogP contribution in [-0.2, 0) is 10.8 Å². The summed E-state index contributed by atoms with van der Waals surface area (Å²) in [6.45, 7) is 14.3. The molecule has 0 bridgehead atoms. The first-order valence-corrected chi connectivity index (χ1v) is 18.4. The monoisotopic (exact) mass is 654 g/mol. The van der Waals surface area contributed by atoms with Crippen LogP contribution in [0.3, 0.4) is 0 Å². The summed E-state index contributed by atoms with van der Waals surface area (Å²) in [5, 5.41) is 4.87. The largest absolute Gasteiger partial charge is 0.440 e. The maximum absolute atomic E-state index is 6.35. The summed E-state index contributed by atoms with van der Waals surface area (Å²) in [5.74, 6) is 0. The Labute approximate surface area is 291 Å². The molecule has 0 fully saturated rings. The van der Waals surface area contributed by atoms with Crippen LogP contribution in [0.25, 0.3) is 54.2 Å². The van der Waals surface area contributed by atoms with E-state index in [9.17, 15) is 0 Å². The third-order valence-electron chi connectivity index (χ3n) is 11.7. The number of para-hydroxylation sites is 2. The molecule has 49 heavy (non-hydrogen) atoms. The van der Waals surface area contributed by atoms with Gasteiger partial charge in [0.2, 0.25) is 13.0 Å². The first kappa shape index (κ1) is 29.2. The van der Waals surface area contributed by atoms with Gasteiger partial charge in [-0.25, -0.2) is 0 Å². The summed E-state index contributed by atoms with van der Waals surface area (Å²) in [5.41, 5.74) is 16.6. The Morgan fingerprint density at radius 3 is 2.27 bits per heavy atom. The number of fused-ring (bicyclic) bond motifs is 10. The lowest BCUT2D eigenvalue weighted by molar-refractivity contribution is 0.332. The van der Waals surface area contributed by atoms with E-state index in [0.29, 0.717) is 0 Å². The molecular weight excluding hydrogens is 615 g/mol. The highest BCUT2D eigenvalue weighted by Crippen LogP contribution is 2.51. The number of hydrogen-bond acceptors (Lipinski definition) is 3. The van der Waals surface area contributed by atoms with Crippen molar-refractivity contribution < 1.29 is 4.42 Å². The molecule has 240 valence electrons. The zero-order chi connectivity index (χ0) is 33.4. The lowest BCUT2D eigenvalue weighted by Crippen LogP contribution is -2.40. The number of nitrogens with one attached hydrogen (secondary N) is 1. The number of nitrogens with zero attached hydrogens (tertiary/aromatic N) is 1. The van der Waals surface area contributed by atoms with Gasteiger partial charge in [-0.15, -0.1) is 11.3 Å². The molecule has 2 aliphatic rings. The van der Waals surface area contributed by atoms with Crippen molar-refractivity contribution in [3.05, 3.63) is 113 Å². The van der Waals surface area contributed by atoms with Crippen LogP contribution in [0, 0.1) is 13.8 Å². The smallest absolute Gasteiger partial charge is 0.211 e. The van der Waals surface area contributed by atoms with Crippen molar-refractivity contribution in [3.8, 4) is 11.1 Å². The first-order chi connectivity index (χ1) is 23.6. The molecule has 0 saturated heterocycles. The molecule has 3 nitrogen and oxygen atoms in total. The number of H-pyrrole nitrogens is 1. The topological polar surface area (TPSA) is 32.2 Å². The van der Waals surface area contributed by atoms with E-state index in [-0.39, 0.29) is 10.8 Å². The van der Waals surface area contributed by atoms with Crippen LogP contribution < -0.4 is 15.1 Å². The van der Waals surface area contributed by atoms with Crippen molar-refractivity contribution in [2.45, 2.75) is 65.2 Å². The van der Waals surface area contributed by atoms with Crippen molar-refractivity contribution in [2.24, 2.45) is 0 Å². The lowest BCUT2D eigenvalue weighted by atomic mass is 9.61. The average molecular weight is 655 g/mol.